The van der Waals surface area contributed by atoms with Crippen LogP contribution in [0.25, 0.3) is 0 Å². The first-order valence-electron chi connectivity index (χ1n) is 8.42. The van der Waals surface area contributed by atoms with Gasteiger partial charge in [0.15, 0.2) is 0 Å². The topological polar surface area (TPSA) is 106 Å². The van der Waals surface area contributed by atoms with Gasteiger partial charge in [-0.05, 0) is 31.9 Å². The average molecular weight is 352 g/mol. The summed E-state index contributed by atoms with van der Waals surface area (Å²) in [4.78, 5) is 26.3. The van der Waals surface area contributed by atoms with E-state index >= 15 is 0 Å². The molecule has 0 radical (unpaired) electrons. The number of benzene rings is 1. The molecule has 1 aliphatic rings. The number of anilines is 1. The van der Waals surface area contributed by atoms with Crippen molar-refractivity contribution in [3.05, 3.63) is 41.6 Å². The Morgan fingerprint density at radius 1 is 1.27 bits per heavy atom. The molecule has 0 unspecified atom stereocenters. The number of nitrogens with zero attached hydrogens (tertiary/aromatic N) is 3. The predicted octanol–water partition coefficient (Wildman–Crippen LogP) is 2.44. The lowest BCUT2D eigenvalue weighted by molar-refractivity contribution is -0.149. The monoisotopic (exact) mass is 352 g/mol. The fraction of sp³-hybridized carbons (Fsp3) is 0.368. The Morgan fingerprint density at radius 3 is 2.54 bits per heavy atom. The van der Waals surface area contributed by atoms with E-state index in [1.807, 2.05) is 0 Å². The third kappa shape index (κ3) is 4.61. The quantitative estimate of drug-likeness (QED) is 0.644. The molecule has 0 aromatic heterocycles. The molecule has 0 atom stereocenters. The van der Waals surface area contributed by atoms with Gasteiger partial charge in [-0.2, -0.15) is 10.5 Å². The molecule has 7 heteroatoms. The van der Waals surface area contributed by atoms with Gasteiger partial charge in [-0.25, -0.2) is 0 Å². The van der Waals surface area contributed by atoms with Gasteiger partial charge in [-0.15, -0.1) is 0 Å². The Balaban J connectivity index is 2.07. The number of likely N-dealkylation sites (tertiary alicyclic amines) is 1. The van der Waals surface area contributed by atoms with Gasteiger partial charge in [0.05, 0.1) is 23.8 Å². The molecular weight excluding hydrogens is 332 g/mol. The second-order valence-corrected chi connectivity index (χ2v) is 5.79. The zero-order valence-electron chi connectivity index (χ0n) is 14.6. The number of piperidine rings is 1. The van der Waals surface area contributed by atoms with Gasteiger partial charge >= 0.3 is 5.97 Å². The summed E-state index contributed by atoms with van der Waals surface area (Å²) >= 11 is 0. The van der Waals surface area contributed by atoms with Crippen molar-refractivity contribution >= 4 is 17.6 Å². The molecule has 1 amide bonds. The van der Waals surface area contributed by atoms with Crippen LogP contribution in [-0.2, 0) is 9.53 Å². The van der Waals surface area contributed by atoms with Crippen LogP contribution in [0, 0.1) is 28.6 Å². The van der Waals surface area contributed by atoms with Crippen molar-refractivity contribution in [2.45, 2.75) is 19.8 Å². The predicted molar refractivity (Wildman–Crippen MR) is 94.6 cm³/mol. The summed E-state index contributed by atoms with van der Waals surface area (Å²) in [6.45, 7) is 3.10. The van der Waals surface area contributed by atoms with E-state index in [1.54, 1.807) is 48.2 Å². The minimum Gasteiger partial charge on any atom is -0.466 e. The first kappa shape index (κ1) is 19.0. The number of amides is 1. The number of para-hydroxylation sites is 1. The lowest BCUT2D eigenvalue weighted by Gasteiger charge is -2.31. The van der Waals surface area contributed by atoms with Crippen LogP contribution in [0.3, 0.4) is 0 Å². The lowest BCUT2D eigenvalue weighted by atomic mass is 9.96. The highest BCUT2D eigenvalue weighted by Crippen LogP contribution is 2.23. The molecule has 0 aliphatic carbocycles. The van der Waals surface area contributed by atoms with E-state index in [1.165, 1.54) is 6.20 Å². The second kappa shape index (κ2) is 9.24. The Kier molecular flexibility index (Phi) is 6.75. The smallest absolute Gasteiger partial charge is 0.309 e. The number of hydrogen-bond acceptors (Lipinski definition) is 6. The van der Waals surface area contributed by atoms with Gasteiger partial charge in [0, 0.05) is 19.3 Å². The highest BCUT2D eigenvalue weighted by atomic mass is 16.5. The zero-order valence-corrected chi connectivity index (χ0v) is 14.6. The number of ether oxygens (including phenoxy) is 1. The van der Waals surface area contributed by atoms with E-state index in [-0.39, 0.29) is 23.4 Å². The molecule has 1 fully saturated rings. The molecule has 0 bridgehead atoms. The first-order chi connectivity index (χ1) is 12.6. The van der Waals surface area contributed by atoms with Crippen molar-refractivity contribution in [2.75, 3.05) is 25.0 Å². The Labute approximate surface area is 152 Å². The number of nitriles is 2. The van der Waals surface area contributed by atoms with E-state index < -0.39 is 0 Å². The molecule has 1 aromatic carbocycles. The molecule has 1 heterocycles. The molecule has 0 saturated carbocycles. The van der Waals surface area contributed by atoms with Crippen molar-refractivity contribution in [3.8, 4) is 12.1 Å². The van der Waals surface area contributed by atoms with Crippen LogP contribution in [0.2, 0.25) is 0 Å². The fourth-order valence-corrected chi connectivity index (χ4v) is 2.78. The van der Waals surface area contributed by atoms with Crippen molar-refractivity contribution in [2.24, 2.45) is 5.92 Å². The van der Waals surface area contributed by atoms with Crippen LogP contribution < -0.4 is 5.32 Å². The van der Waals surface area contributed by atoms with Crippen LogP contribution in [0.4, 0.5) is 5.69 Å². The van der Waals surface area contributed by atoms with Gasteiger partial charge in [-0.1, -0.05) is 12.1 Å². The van der Waals surface area contributed by atoms with E-state index in [0.29, 0.717) is 43.8 Å². The summed E-state index contributed by atoms with van der Waals surface area (Å²) < 4.78 is 5.04. The minimum absolute atomic E-state index is 0.0810. The van der Waals surface area contributed by atoms with Gasteiger partial charge in [-0.3, -0.25) is 9.59 Å². The Hall–Kier alpha value is -3.32. The maximum absolute atomic E-state index is 12.8. The summed E-state index contributed by atoms with van der Waals surface area (Å²) in [5, 5.41) is 20.5. The number of carbonyl (C=O) groups excluding carboxylic acids is 2. The minimum atomic E-state index is -0.202. The number of nitrogens with one attached hydrogen (secondary N) is 1. The van der Waals surface area contributed by atoms with Crippen LogP contribution in [0.15, 0.2) is 36.0 Å². The van der Waals surface area contributed by atoms with E-state index in [4.69, 9.17) is 15.3 Å². The van der Waals surface area contributed by atoms with Gasteiger partial charge in [0.25, 0.3) is 5.91 Å². The highest BCUT2D eigenvalue weighted by molar-refractivity contribution is 6.00. The molecule has 1 aliphatic heterocycles. The molecule has 1 aromatic rings. The summed E-state index contributed by atoms with van der Waals surface area (Å²) in [6.07, 6.45) is 2.43. The summed E-state index contributed by atoms with van der Waals surface area (Å²) in [5.41, 5.74) is 0.893. The zero-order chi connectivity index (χ0) is 18.9. The number of rotatable bonds is 5. The number of esters is 1. The number of carbonyl (C=O) groups is 2. The fourth-order valence-electron chi connectivity index (χ4n) is 2.78. The third-order valence-electron chi connectivity index (χ3n) is 4.17. The number of allylic oxidation sites excluding steroid dienone is 1. The molecule has 134 valence electrons. The highest BCUT2D eigenvalue weighted by Gasteiger charge is 2.29. The molecule has 0 spiro atoms. The van der Waals surface area contributed by atoms with E-state index in [9.17, 15) is 9.59 Å². The van der Waals surface area contributed by atoms with Crippen LogP contribution in [-0.4, -0.2) is 36.5 Å². The normalized spacial score (nSPS) is 13.9. The van der Waals surface area contributed by atoms with E-state index in [0.717, 1.165) is 0 Å². The van der Waals surface area contributed by atoms with Gasteiger partial charge in [0.1, 0.15) is 17.7 Å². The Bertz CT molecular complexity index is 765. The summed E-state index contributed by atoms with van der Waals surface area (Å²) in [6, 6.07) is 10.4. The van der Waals surface area contributed by atoms with Crippen molar-refractivity contribution < 1.29 is 14.3 Å². The average Bonchev–Trinajstić information content (AvgIpc) is 2.69. The van der Waals surface area contributed by atoms with Crippen molar-refractivity contribution in [3.63, 3.8) is 0 Å². The lowest BCUT2D eigenvalue weighted by Crippen LogP contribution is -2.40. The van der Waals surface area contributed by atoms with Crippen molar-refractivity contribution in [1.29, 1.82) is 10.5 Å². The molecule has 2 rings (SSSR count). The van der Waals surface area contributed by atoms with Crippen molar-refractivity contribution in [1.82, 2.24) is 4.90 Å². The molecule has 26 heavy (non-hydrogen) atoms. The van der Waals surface area contributed by atoms with Crippen LogP contribution in [0.5, 0.6) is 0 Å². The number of hydrogen-bond donors (Lipinski definition) is 1. The Morgan fingerprint density at radius 2 is 1.92 bits per heavy atom. The SMILES string of the molecule is CCOC(=O)C1CCN(C(=O)c2ccccc2NC=C(C#N)C#N)CC1. The maximum atomic E-state index is 12.8. The third-order valence-corrected chi connectivity index (χ3v) is 4.17. The molecule has 1 N–H and O–H groups in total. The van der Waals surface area contributed by atoms with E-state index in [2.05, 4.69) is 5.32 Å². The van der Waals surface area contributed by atoms with Gasteiger partial charge in [0.2, 0.25) is 0 Å². The standard InChI is InChI=1S/C19H20N4O3/c1-2-26-19(25)15-7-9-23(10-8-15)18(24)16-5-3-4-6-17(16)22-13-14(11-20)12-21/h3-6,13,15,22H,2,7-10H2,1H3. The first-order valence-corrected chi connectivity index (χ1v) is 8.42. The molecular formula is C19H20N4O3. The second-order valence-electron chi connectivity index (χ2n) is 5.79. The van der Waals surface area contributed by atoms with Crippen LogP contribution in [0.1, 0.15) is 30.1 Å². The van der Waals surface area contributed by atoms with Gasteiger partial charge < -0.3 is 15.0 Å². The summed E-state index contributed by atoms with van der Waals surface area (Å²) in [7, 11) is 0. The largest absolute Gasteiger partial charge is 0.466 e. The van der Waals surface area contributed by atoms with Crippen LogP contribution >= 0.6 is 0 Å². The molecule has 1 saturated heterocycles. The molecule has 7 nitrogen and oxygen atoms in total. The summed E-state index contributed by atoms with van der Waals surface area (Å²) in [5.74, 6) is -0.518. The maximum Gasteiger partial charge on any atom is 0.309 e.